The van der Waals surface area contributed by atoms with Crippen molar-refractivity contribution < 1.29 is 4.92 Å². The Labute approximate surface area is 191 Å². The van der Waals surface area contributed by atoms with Crippen LogP contribution in [0.5, 0.6) is 0 Å². The normalized spacial score (nSPS) is 13.3. The quantitative estimate of drug-likeness (QED) is 0.302. The highest BCUT2D eigenvalue weighted by molar-refractivity contribution is 5.80. The first-order valence-corrected chi connectivity index (χ1v) is 10.6. The van der Waals surface area contributed by atoms with Gasteiger partial charge in [0, 0.05) is 50.7 Å². The summed E-state index contributed by atoms with van der Waals surface area (Å²) in [6.45, 7) is 1.75. The van der Waals surface area contributed by atoms with Crippen molar-refractivity contribution >= 4 is 41.1 Å². The van der Waals surface area contributed by atoms with E-state index in [0.29, 0.717) is 23.5 Å². The fraction of sp³-hybridized carbons (Fsp3) is 0.273. The van der Waals surface area contributed by atoms with Gasteiger partial charge in [-0.25, -0.2) is 5.43 Å². The number of hydrogen-bond acceptors (Lipinski definition) is 10. The van der Waals surface area contributed by atoms with Gasteiger partial charge >= 0.3 is 0 Å². The Morgan fingerprint density at radius 2 is 1.67 bits per heavy atom. The van der Waals surface area contributed by atoms with Gasteiger partial charge in [0.15, 0.2) is 0 Å². The number of nitrogens with one attached hydrogen (secondary N) is 2. The van der Waals surface area contributed by atoms with Crippen LogP contribution in [0, 0.1) is 10.1 Å². The Balaban J connectivity index is 1.52. The predicted octanol–water partition coefficient (Wildman–Crippen LogP) is 3.64. The van der Waals surface area contributed by atoms with Crippen LogP contribution >= 0.6 is 0 Å². The van der Waals surface area contributed by atoms with Gasteiger partial charge in [-0.3, -0.25) is 10.1 Å². The van der Waals surface area contributed by atoms with Crippen LogP contribution in [-0.4, -0.2) is 53.3 Å². The van der Waals surface area contributed by atoms with Crippen LogP contribution in [0.4, 0.5) is 34.9 Å². The number of hydrogen-bond donors (Lipinski definition) is 2. The molecule has 0 unspecified atom stereocenters. The molecule has 11 heteroatoms. The third-order valence-corrected chi connectivity index (χ3v) is 5.13. The van der Waals surface area contributed by atoms with Gasteiger partial charge in [0.2, 0.25) is 17.8 Å². The molecule has 1 aromatic heterocycles. The van der Waals surface area contributed by atoms with E-state index < -0.39 is 4.92 Å². The number of nitro groups is 1. The van der Waals surface area contributed by atoms with Crippen molar-refractivity contribution in [2.45, 2.75) is 12.8 Å². The predicted molar refractivity (Wildman–Crippen MR) is 130 cm³/mol. The van der Waals surface area contributed by atoms with Gasteiger partial charge in [0.05, 0.1) is 11.1 Å². The third kappa shape index (κ3) is 5.70. The number of non-ortho nitro benzene ring substituents is 1. The smallest absolute Gasteiger partial charge is 0.269 e. The molecule has 2 heterocycles. The molecule has 11 nitrogen and oxygen atoms in total. The lowest BCUT2D eigenvalue weighted by molar-refractivity contribution is -0.384. The molecule has 4 rings (SSSR count). The van der Waals surface area contributed by atoms with Gasteiger partial charge in [-0.2, -0.15) is 20.1 Å². The summed E-state index contributed by atoms with van der Waals surface area (Å²) < 4.78 is 0. The minimum atomic E-state index is -0.438. The zero-order valence-corrected chi connectivity index (χ0v) is 18.5. The second kappa shape index (κ2) is 9.90. The van der Waals surface area contributed by atoms with E-state index in [1.54, 1.807) is 18.3 Å². The first kappa shape index (κ1) is 21.9. The molecule has 2 N–H and O–H groups in total. The average Bonchev–Trinajstić information content (AvgIpc) is 3.35. The molecule has 1 saturated heterocycles. The van der Waals surface area contributed by atoms with Crippen molar-refractivity contribution in [2.24, 2.45) is 5.10 Å². The lowest BCUT2D eigenvalue weighted by Crippen LogP contribution is -2.21. The molecule has 0 radical (unpaired) electrons. The molecule has 2 aromatic carbocycles. The molecule has 3 aromatic rings. The number of rotatable bonds is 8. The van der Waals surface area contributed by atoms with E-state index >= 15 is 0 Å². The van der Waals surface area contributed by atoms with Gasteiger partial charge in [-0.05, 0) is 42.7 Å². The lowest BCUT2D eigenvalue weighted by atomic mass is 10.2. The zero-order chi connectivity index (χ0) is 23.2. The Morgan fingerprint density at radius 1 is 1.00 bits per heavy atom. The highest BCUT2D eigenvalue weighted by atomic mass is 16.6. The molecular formula is C22H25N9O2. The lowest BCUT2D eigenvalue weighted by Gasteiger charge is -2.16. The molecule has 33 heavy (non-hydrogen) atoms. The van der Waals surface area contributed by atoms with Crippen LogP contribution in [0.25, 0.3) is 0 Å². The summed E-state index contributed by atoms with van der Waals surface area (Å²) in [6, 6.07) is 14.1. The molecular weight excluding hydrogens is 422 g/mol. The van der Waals surface area contributed by atoms with Crippen molar-refractivity contribution in [2.75, 3.05) is 47.7 Å². The summed E-state index contributed by atoms with van der Waals surface area (Å²) in [4.78, 5) is 28.0. The second-order valence-electron chi connectivity index (χ2n) is 7.76. The Hall–Kier alpha value is -4.28. The summed E-state index contributed by atoms with van der Waals surface area (Å²) in [6.07, 6.45) is 3.86. The van der Waals surface area contributed by atoms with E-state index in [-0.39, 0.29) is 5.69 Å². The van der Waals surface area contributed by atoms with Gasteiger partial charge in [-0.15, -0.1) is 0 Å². The maximum absolute atomic E-state index is 10.9. The summed E-state index contributed by atoms with van der Waals surface area (Å²) >= 11 is 0. The van der Waals surface area contributed by atoms with Gasteiger partial charge in [-0.1, -0.05) is 12.1 Å². The largest absolute Gasteiger partial charge is 0.378 e. The maximum atomic E-state index is 10.9. The van der Waals surface area contributed by atoms with Crippen LogP contribution in [0.15, 0.2) is 53.6 Å². The molecule has 170 valence electrons. The Kier molecular flexibility index (Phi) is 6.58. The van der Waals surface area contributed by atoms with Gasteiger partial charge in [0.25, 0.3) is 5.69 Å². The Morgan fingerprint density at radius 3 is 2.30 bits per heavy atom. The summed E-state index contributed by atoms with van der Waals surface area (Å²) in [5, 5.41) is 18.2. The highest BCUT2D eigenvalue weighted by Crippen LogP contribution is 2.22. The molecule has 0 spiro atoms. The van der Waals surface area contributed by atoms with Gasteiger partial charge in [0.1, 0.15) is 0 Å². The minimum Gasteiger partial charge on any atom is -0.378 e. The minimum absolute atomic E-state index is 0.0178. The molecule has 1 aliphatic heterocycles. The van der Waals surface area contributed by atoms with Crippen LogP contribution in [0.1, 0.15) is 18.4 Å². The average molecular weight is 448 g/mol. The highest BCUT2D eigenvalue weighted by Gasteiger charge is 2.17. The molecule has 1 fully saturated rings. The SMILES string of the molecule is CN(C)c1ccc(/C=N/Nc2nc(Nc3ccc([N+](=O)[O-])cc3)nc(N3CCCC3)n2)cc1. The van der Waals surface area contributed by atoms with Crippen LogP contribution < -0.4 is 20.5 Å². The number of anilines is 5. The van der Waals surface area contributed by atoms with Crippen LogP contribution in [0.3, 0.4) is 0 Å². The number of hydrazone groups is 1. The maximum Gasteiger partial charge on any atom is 0.269 e. The van der Waals surface area contributed by atoms with Crippen molar-refractivity contribution in [1.29, 1.82) is 0 Å². The molecule has 1 aliphatic rings. The summed E-state index contributed by atoms with van der Waals surface area (Å²) in [5.74, 6) is 1.19. The van der Waals surface area contributed by atoms with E-state index in [0.717, 1.165) is 37.2 Å². The molecule has 0 aliphatic carbocycles. The van der Waals surface area contributed by atoms with E-state index in [4.69, 9.17) is 0 Å². The standard InChI is InChI=1S/C22H25N9O2/c1-29(2)18-9-5-16(6-10-18)15-23-28-21-25-20(26-22(27-21)30-13-3-4-14-30)24-17-7-11-19(12-8-17)31(32)33/h5-12,15H,3-4,13-14H2,1-2H3,(H2,24,25,26,27,28)/b23-15+. The molecule has 0 saturated carbocycles. The van der Waals surface area contributed by atoms with Crippen LogP contribution in [-0.2, 0) is 0 Å². The topological polar surface area (TPSA) is 125 Å². The molecule has 0 bridgehead atoms. The Bertz CT molecular complexity index is 1130. The van der Waals surface area contributed by atoms with Gasteiger partial charge < -0.3 is 15.1 Å². The summed E-state index contributed by atoms with van der Waals surface area (Å²) in [7, 11) is 3.98. The molecule has 0 atom stereocenters. The van der Waals surface area contributed by atoms with Crippen molar-refractivity contribution in [3.05, 3.63) is 64.2 Å². The first-order valence-electron chi connectivity index (χ1n) is 10.6. The van der Waals surface area contributed by atoms with E-state index in [1.807, 2.05) is 43.3 Å². The number of aromatic nitrogens is 3. The van der Waals surface area contributed by atoms with E-state index in [2.05, 4.69) is 35.7 Å². The van der Waals surface area contributed by atoms with E-state index in [1.165, 1.54) is 12.1 Å². The fourth-order valence-corrected chi connectivity index (χ4v) is 3.35. The van der Waals surface area contributed by atoms with Crippen LogP contribution in [0.2, 0.25) is 0 Å². The molecule has 0 amide bonds. The van der Waals surface area contributed by atoms with Crippen molar-refractivity contribution in [3.8, 4) is 0 Å². The van der Waals surface area contributed by atoms with Crippen molar-refractivity contribution in [3.63, 3.8) is 0 Å². The third-order valence-electron chi connectivity index (χ3n) is 5.13. The summed E-state index contributed by atoms with van der Waals surface area (Å²) in [5.41, 5.74) is 5.58. The monoisotopic (exact) mass is 447 g/mol. The van der Waals surface area contributed by atoms with Crippen molar-refractivity contribution in [1.82, 2.24) is 15.0 Å². The number of benzene rings is 2. The fourth-order valence-electron chi connectivity index (χ4n) is 3.35. The second-order valence-corrected chi connectivity index (χ2v) is 7.76. The first-order chi connectivity index (χ1) is 16.0. The van der Waals surface area contributed by atoms with E-state index in [9.17, 15) is 10.1 Å². The zero-order valence-electron chi connectivity index (χ0n) is 18.5. The number of nitrogens with zero attached hydrogens (tertiary/aromatic N) is 7. The number of nitro benzene ring substituents is 1.